The molecule has 74 heavy (non-hydrogen) atoms. The van der Waals surface area contributed by atoms with Gasteiger partial charge in [-0.2, -0.15) is 0 Å². The summed E-state index contributed by atoms with van der Waals surface area (Å²) < 4.78 is 2.27. The summed E-state index contributed by atoms with van der Waals surface area (Å²) in [6.07, 6.45) is 8.51. The van der Waals surface area contributed by atoms with Crippen LogP contribution >= 0.6 is 0 Å². The first-order chi connectivity index (χ1) is 36.2. The Bertz CT molecular complexity index is 3790. The largest absolute Gasteiger partial charge is 0.507 e. The fraction of sp³-hybridized carbons (Fsp3) is 0.143. The minimum absolute atomic E-state index is 0.0944. The predicted octanol–water partition coefficient (Wildman–Crippen LogP) is 18.8. The van der Waals surface area contributed by atoms with E-state index in [1.54, 1.807) is 0 Å². The molecule has 0 saturated heterocycles. The molecule has 2 heterocycles. The number of pyridine rings is 1. The summed E-state index contributed by atoms with van der Waals surface area (Å²) in [6, 6.07) is 79.7. The van der Waals surface area contributed by atoms with Crippen molar-refractivity contribution in [2.24, 2.45) is 0 Å². The van der Waals surface area contributed by atoms with Crippen molar-refractivity contribution in [2.45, 2.75) is 64.2 Å². The van der Waals surface area contributed by atoms with Gasteiger partial charge >= 0.3 is 0 Å². The van der Waals surface area contributed by atoms with Crippen LogP contribution in [-0.2, 0) is 5.41 Å². The van der Waals surface area contributed by atoms with E-state index in [0.29, 0.717) is 17.3 Å². The third-order valence-electron chi connectivity index (χ3n) is 15.2. The first-order valence-corrected chi connectivity index (χ1v) is 26.2. The van der Waals surface area contributed by atoms with E-state index in [1.807, 2.05) is 36.5 Å². The molecule has 0 aliphatic heterocycles. The molecule has 1 aliphatic rings. The second-order valence-electron chi connectivity index (χ2n) is 21.0. The summed E-state index contributed by atoms with van der Waals surface area (Å²) in [4.78, 5) is 10.7. The van der Waals surface area contributed by atoms with Crippen molar-refractivity contribution in [1.29, 1.82) is 0 Å². The summed E-state index contributed by atoms with van der Waals surface area (Å²) in [5.41, 5.74) is 20.4. The van der Waals surface area contributed by atoms with Crippen molar-refractivity contribution in [3.8, 4) is 101 Å². The number of nitrogens with zero attached hydrogens (tertiary/aromatic N) is 3. The molecule has 11 aromatic rings. The number of aromatic hydroxyl groups is 1. The van der Waals surface area contributed by atoms with Gasteiger partial charge in [-0.25, -0.2) is 4.98 Å². The third kappa shape index (κ3) is 9.02. The van der Waals surface area contributed by atoms with Crippen LogP contribution in [0.1, 0.15) is 69.9 Å². The van der Waals surface area contributed by atoms with E-state index in [9.17, 15) is 5.11 Å². The second kappa shape index (κ2) is 19.8. The Hall–Kier alpha value is -8.60. The number of para-hydroxylation sites is 2. The molecular weight excluding hydrogens is 899 g/mol. The predicted molar refractivity (Wildman–Crippen MR) is 309 cm³/mol. The van der Waals surface area contributed by atoms with Gasteiger partial charge in [0.1, 0.15) is 11.6 Å². The first kappa shape index (κ1) is 46.5. The van der Waals surface area contributed by atoms with Crippen molar-refractivity contribution in [2.75, 3.05) is 0 Å². The highest BCUT2D eigenvalue weighted by molar-refractivity contribution is 5.99. The summed E-state index contributed by atoms with van der Waals surface area (Å²) in [5.74, 6) is 1.48. The monoisotopic (exact) mass is 957 g/mol. The quantitative estimate of drug-likeness (QED) is 0.149. The smallest absolute Gasteiger partial charge is 0.149 e. The minimum atomic E-state index is -0.0944. The zero-order valence-electron chi connectivity index (χ0n) is 42.3. The molecule has 0 atom stereocenters. The number of rotatable bonds is 10. The van der Waals surface area contributed by atoms with Crippen LogP contribution in [0.3, 0.4) is 0 Å². The molecule has 2 aromatic heterocycles. The average molecular weight is 958 g/mol. The van der Waals surface area contributed by atoms with E-state index in [-0.39, 0.29) is 11.2 Å². The summed E-state index contributed by atoms with van der Waals surface area (Å²) in [7, 11) is 0. The number of aromatic nitrogens is 3. The lowest BCUT2D eigenvalue weighted by Crippen LogP contribution is -2.12. The Labute approximate surface area is 435 Å². The van der Waals surface area contributed by atoms with Gasteiger partial charge in [-0.05, 0) is 140 Å². The fourth-order valence-corrected chi connectivity index (χ4v) is 11.2. The summed E-state index contributed by atoms with van der Waals surface area (Å²) in [6.45, 7) is 6.78. The van der Waals surface area contributed by atoms with Gasteiger partial charge in [-0.15, -0.1) is 0 Å². The van der Waals surface area contributed by atoms with Gasteiger partial charge in [0, 0.05) is 28.5 Å². The zero-order chi connectivity index (χ0) is 50.2. The van der Waals surface area contributed by atoms with Gasteiger partial charge in [0.05, 0.1) is 28.0 Å². The number of phenolic OH excluding ortho intramolecular Hbond substituents is 1. The molecule has 0 unspecified atom stereocenters. The topological polar surface area (TPSA) is 50.9 Å². The maximum absolute atomic E-state index is 12.8. The number of hydrogen-bond donors (Lipinski definition) is 1. The fourth-order valence-electron chi connectivity index (χ4n) is 11.2. The van der Waals surface area contributed by atoms with E-state index in [4.69, 9.17) is 9.97 Å². The Morgan fingerprint density at radius 2 is 1.01 bits per heavy atom. The molecule has 1 saturated carbocycles. The Morgan fingerprint density at radius 1 is 0.432 bits per heavy atom. The Kier molecular flexibility index (Phi) is 12.4. The number of phenols is 1. The molecule has 0 amide bonds. The van der Waals surface area contributed by atoms with Gasteiger partial charge in [0.15, 0.2) is 0 Å². The molecule has 1 aliphatic carbocycles. The first-order valence-electron chi connectivity index (χ1n) is 26.2. The Morgan fingerprint density at radius 3 is 1.73 bits per heavy atom. The lowest BCUT2D eigenvalue weighted by atomic mass is 9.84. The van der Waals surface area contributed by atoms with Crippen LogP contribution in [0.15, 0.2) is 231 Å². The van der Waals surface area contributed by atoms with E-state index in [1.165, 1.54) is 48.8 Å². The number of imidazole rings is 1. The molecule has 4 heteroatoms. The molecule has 0 spiro atoms. The molecule has 1 N–H and O–H groups in total. The van der Waals surface area contributed by atoms with Gasteiger partial charge < -0.3 is 5.11 Å². The highest BCUT2D eigenvalue weighted by atomic mass is 16.3. The molecule has 1 fully saturated rings. The van der Waals surface area contributed by atoms with Crippen LogP contribution in [0.5, 0.6) is 5.75 Å². The molecular formula is C70H59N3O. The van der Waals surface area contributed by atoms with Crippen LogP contribution in [0, 0.1) is 0 Å². The molecule has 9 aromatic carbocycles. The molecule has 360 valence electrons. The lowest BCUT2D eigenvalue weighted by molar-refractivity contribution is 0.443. The van der Waals surface area contributed by atoms with Crippen molar-refractivity contribution in [1.82, 2.24) is 14.5 Å². The second-order valence-corrected chi connectivity index (χ2v) is 21.0. The van der Waals surface area contributed by atoms with Crippen molar-refractivity contribution in [3.63, 3.8) is 0 Å². The highest BCUT2D eigenvalue weighted by Gasteiger charge is 2.26. The standard InChI is InChI=1S/C70H59N3O/c1-70(2,3)57-38-39-65(63(46-57)52-26-14-7-15-27-52)73-66-33-19-30-59(67(66)72-69(73)62-32-18-31-61(68(62)74)60-29-17-16-28-58(60)51-24-12-6-13-25-51)55-42-54(48-22-10-5-11-23-48)43-56(44-55)64-45-53(40-41-71-64)50-36-34-49(35-37-50)47-20-8-4-9-21-47/h5-7,10-19,22-47,74H,4,8-9,20-21H2,1-3H3. The van der Waals surface area contributed by atoms with Crippen LogP contribution in [-0.4, -0.2) is 19.6 Å². The van der Waals surface area contributed by atoms with Crippen LogP contribution in [0.4, 0.5) is 0 Å². The maximum Gasteiger partial charge on any atom is 0.149 e. The van der Waals surface area contributed by atoms with Crippen LogP contribution < -0.4 is 0 Å². The Balaban J connectivity index is 1.07. The number of benzene rings is 9. The van der Waals surface area contributed by atoms with Gasteiger partial charge in [-0.1, -0.05) is 210 Å². The van der Waals surface area contributed by atoms with Gasteiger partial charge in [0.2, 0.25) is 0 Å². The van der Waals surface area contributed by atoms with Gasteiger partial charge in [0.25, 0.3) is 0 Å². The van der Waals surface area contributed by atoms with Crippen molar-refractivity contribution in [3.05, 3.63) is 242 Å². The molecule has 0 bridgehead atoms. The molecule has 4 nitrogen and oxygen atoms in total. The minimum Gasteiger partial charge on any atom is -0.507 e. The lowest BCUT2D eigenvalue weighted by Gasteiger charge is -2.23. The molecule has 0 radical (unpaired) electrons. The van der Waals surface area contributed by atoms with E-state index >= 15 is 0 Å². The summed E-state index contributed by atoms with van der Waals surface area (Å²) in [5, 5.41) is 12.8. The van der Waals surface area contributed by atoms with Crippen LogP contribution in [0.25, 0.3) is 106 Å². The zero-order valence-corrected chi connectivity index (χ0v) is 42.3. The SMILES string of the molecule is CC(C)(C)c1ccc(-n2c(-c3cccc(-c4ccccc4-c4ccccc4)c3O)nc3c(-c4cc(-c5ccccc5)cc(-c5cc(-c6ccc(C7CCCCC7)cc6)ccn5)c4)cccc32)c(-c2ccccc2)c1. The van der Waals surface area contributed by atoms with E-state index in [2.05, 4.69) is 219 Å². The highest BCUT2D eigenvalue weighted by Crippen LogP contribution is 2.46. The van der Waals surface area contributed by atoms with E-state index in [0.717, 1.165) is 89.2 Å². The van der Waals surface area contributed by atoms with Crippen molar-refractivity contribution < 1.29 is 5.11 Å². The third-order valence-corrected chi connectivity index (χ3v) is 15.2. The maximum atomic E-state index is 12.8. The summed E-state index contributed by atoms with van der Waals surface area (Å²) >= 11 is 0. The molecule has 12 rings (SSSR count). The normalized spacial score (nSPS) is 13.1. The average Bonchev–Trinajstić information content (AvgIpc) is 3.87. The van der Waals surface area contributed by atoms with Gasteiger partial charge in [-0.3, -0.25) is 9.55 Å². The van der Waals surface area contributed by atoms with Crippen molar-refractivity contribution >= 4 is 11.0 Å². The number of hydrogen-bond acceptors (Lipinski definition) is 3. The number of fused-ring (bicyclic) bond motifs is 1. The van der Waals surface area contributed by atoms with Crippen LogP contribution in [0.2, 0.25) is 0 Å². The van der Waals surface area contributed by atoms with E-state index < -0.39 is 0 Å².